The lowest BCUT2D eigenvalue weighted by atomic mass is 9.98. The number of ether oxygens (including phenoxy) is 1. The van der Waals surface area contributed by atoms with Gasteiger partial charge in [-0.25, -0.2) is 5.01 Å². The van der Waals surface area contributed by atoms with Gasteiger partial charge in [-0.2, -0.15) is 5.10 Å². The Labute approximate surface area is 171 Å². The van der Waals surface area contributed by atoms with Crippen molar-refractivity contribution in [2.75, 3.05) is 7.11 Å². The smallest absolute Gasteiger partial charge is 0.243 e. The van der Waals surface area contributed by atoms with E-state index in [0.29, 0.717) is 6.42 Å². The van der Waals surface area contributed by atoms with E-state index in [-0.39, 0.29) is 36.7 Å². The lowest BCUT2D eigenvalue weighted by Crippen LogP contribution is -2.32. The van der Waals surface area contributed by atoms with Gasteiger partial charge in [0.15, 0.2) is 0 Å². The van der Waals surface area contributed by atoms with Crippen LogP contribution in [0.1, 0.15) is 50.3 Å². The van der Waals surface area contributed by atoms with Gasteiger partial charge in [-0.05, 0) is 37.1 Å². The van der Waals surface area contributed by atoms with Crippen LogP contribution in [0.2, 0.25) is 0 Å². The molecule has 0 fully saturated rings. The second-order valence-electron chi connectivity index (χ2n) is 7.37. The average molecular weight is 393 g/mol. The molecule has 1 aliphatic rings. The zero-order valence-corrected chi connectivity index (χ0v) is 17.1. The van der Waals surface area contributed by atoms with E-state index in [1.807, 2.05) is 68.4 Å². The predicted octanol–water partition coefficient (Wildman–Crippen LogP) is 3.68. The summed E-state index contributed by atoms with van der Waals surface area (Å²) in [7, 11) is 1.62. The van der Waals surface area contributed by atoms with Crippen LogP contribution in [0.4, 0.5) is 0 Å². The highest BCUT2D eigenvalue weighted by atomic mass is 16.5. The second kappa shape index (κ2) is 9.37. The van der Waals surface area contributed by atoms with Crippen molar-refractivity contribution in [1.29, 1.82) is 0 Å². The zero-order valence-electron chi connectivity index (χ0n) is 17.1. The minimum Gasteiger partial charge on any atom is -0.497 e. The van der Waals surface area contributed by atoms with Crippen LogP contribution in [-0.2, 0) is 9.59 Å². The molecule has 152 valence electrons. The van der Waals surface area contributed by atoms with Gasteiger partial charge >= 0.3 is 0 Å². The molecule has 0 aliphatic carbocycles. The Kier molecular flexibility index (Phi) is 6.65. The highest BCUT2D eigenvalue weighted by Crippen LogP contribution is 2.34. The largest absolute Gasteiger partial charge is 0.497 e. The molecule has 1 heterocycles. The van der Waals surface area contributed by atoms with Crippen molar-refractivity contribution in [2.24, 2.45) is 5.10 Å². The van der Waals surface area contributed by atoms with Crippen molar-refractivity contribution in [3.05, 3.63) is 65.7 Å². The first-order chi connectivity index (χ1) is 14.0. The molecule has 0 radical (unpaired) electrons. The molecule has 0 saturated heterocycles. The molecule has 2 aromatic rings. The average Bonchev–Trinajstić information content (AvgIpc) is 3.18. The monoisotopic (exact) mass is 393 g/mol. The van der Waals surface area contributed by atoms with Gasteiger partial charge < -0.3 is 10.1 Å². The third-order valence-electron chi connectivity index (χ3n) is 4.79. The van der Waals surface area contributed by atoms with E-state index in [9.17, 15) is 9.59 Å². The Morgan fingerprint density at radius 2 is 1.79 bits per heavy atom. The first-order valence-corrected chi connectivity index (χ1v) is 9.86. The third kappa shape index (κ3) is 5.22. The lowest BCUT2D eigenvalue weighted by molar-refractivity contribution is -0.135. The van der Waals surface area contributed by atoms with Crippen LogP contribution < -0.4 is 10.1 Å². The van der Waals surface area contributed by atoms with Crippen molar-refractivity contribution in [3.8, 4) is 5.75 Å². The Balaban J connectivity index is 1.80. The van der Waals surface area contributed by atoms with E-state index in [2.05, 4.69) is 10.4 Å². The maximum absolute atomic E-state index is 12.9. The molecule has 0 bridgehead atoms. The van der Waals surface area contributed by atoms with Gasteiger partial charge in [-0.1, -0.05) is 42.5 Å². The molecular weight excluding hydrogens is 366 g/mol. The summed E-state index contributed by atoms with van der Waals surface area (Å²) < 4.78 is 5.24. The summed E-state index contributed by atoms with van der Waals surface area (Å²) >= 11 is 0. The van der Waals surface area contributed by atoms with Crippen LogP contribution in [0, 0.1) is 0 Å². The molecule has 0 aromatic heterocycles. The number of hydrogen-bond acceptors (Lipinski definition) is 4. The predicted molar refractivity (Wildman–Crippen MR) is 113 cm³/mol. The SMILES string of the molecule is COc1ccc([C@H]2CC(c3ccccc3)=NN2C(=O)CCC(=O)NC(C)C)cc1. The summed E-state index contributed by atoms with van der Waals surface area (Å²) in [4.78, 5) is 24.9. The van der Waals surface area contributed by atoms with Crippen LogP contribution in [0.15, 0.2) is 59.7 Å². The van der Waals surface area contributed by atoms with Gasteiger partial charge in [0.05, 0.1) is 18.9 Å². The van der Waals surface area contributed by atoms with Crippen LogP contribution in [0.25, 0.3) is 0 Å². The van der Waals surface area contributed by atoms with Crippen LogP contribution >= 0.6 is 0 Å². The maximum atomic E-state index is 12.9. The van der Waals surface area contributed by atoms with Crippen LogP contribution in [0.5, 0.6) is 5.75 Å². The van der Waals surface area contributed by atoms with Crippen LogP contribution in [-0.4, -0.2) is 35.7 Å². The molecule has 0 saturated carbocycles. The fraction of sp³-hybridized carbons (Fsp3) is 0.348. The standard InChI is InChI=1S/C23H27N3O3/c1-16(2)24-22(27)13-14-23(28)26-21(18-9-11-19(29-3)12-10-18)15-20(25-26)17-7-5-4-6-8-17/h4-12,16,21H,13-15H2,1-3H3,(H,24,27)/t21-/m1/s1. The molecule has 0 unspecified atom stereocenters. The summed E-state index contributed by atoms with van der Waals surface area (Å²) in [6.45, 7) is 3.80. The number of benzene rings is 2. The van der Waals surface area contributed by atoms with Crippen molar-refractivity contribution < 1.29 is 14.3 Å². The molecule has 29 heavy (non-hydrogen) atoms. The summed E-state index contributed by atoms with van der Waals surface area (Å²) in [6.07, 6.45) is 0.899. The summed E-state index contributed by atoms with van der Waals surface area (Å²) in [5, 5.41) is 8.99. The van der Waals surface area contributed by atoms with E-state index in [1.165, 1.54) is 5.01 Å². The van der Waals surface area contributed by atoms with Crippen molar-refractivity contribution >= 4 is 17.5 Å². The second-order valence-corrected chi connectivity index (χ2v) is 7.37. The van der Waals surface area contributed by atoms with Gasteiger partial charge in [0.2, 0.25) is 11.8 Å². The number of carbonyl (C=O) groups excluding carboxylic acids is 2. The molecule has 1 N–H and O–H groups in total. The van der Waals surface area contributed by atoms with Crippen molar-refractivity contribution in [2.45, 2.75) is 45.2 Å². The van der Waals surface area contributed by atoms with E-state index >= 15 is 0 Å². The normalized spacial score (nSPS) is 15.9. The number of nitrogens with one attached hydrogen (secondary N) is 1. The Morgan fingerprint density at radius 3 is 2.41 bits per heavy atom. The number of rotatable bonds is 7. The number of amides is 2. The van der Waals surface area contributed by atoms with Crippen molar-refractivity contribution in [3.63, 3.8) is 0 Å². The van der Waals surface area contributed by atoms with Gasteiger partial charge in [0, 0.05) is 25.3 Å². The third-order valence-corrected chi connectivity index (χ3v) is 4.79. The first kappa shape index (κ1) is 20.6. The summed E-state index contributed by atoms with van der Waals surface area (Å²) in [6, 6.07) is 17.4. The summed E-state index contributed by atoms with van der Waals surface area (Å²) in [5.41, 5.74) is 2.85. The quantitative estimate of drug-likeness (QED) is 0.780. The molecule has 2 aromatic carbocycles. The highest BCUT2D eigenvalue weighted by Gasteiger charge is 2.33. The number of carbonyl (C=O) groups is 2. The molecule has 2 amide bonds. The zero-order chi connectivity index (χ0) is 20.8. The van der Waals surface area contributed by atoms with Gasteiger partial charge in [-0.15, -0.1) is 0 Å². The summed E-state index contributed by atoms with van der Waals surface area (Å²) in [5.74, 6) is 0.482. The van der Waals surface area contributed by atoms with E-state index < -0.39 is 0 Å². The lowest BCUT2D eigenvalue weighted by Gasteiger charge is -2.22. The topological polar surface area (TPSA) is 71.0 Å². The number of hydrazone groups is 1. The molecule has 1 aliphatic heterocycles. The minimum atomic E-state index is -0.197. The molecule has 1 atom stereocenters. The fourth-order valence-corrected chi connectivity index (χ4v) is 3.36. The molecular formula is C23H27N3O3. The first-order valence-electron chi connectivity index (χ1n) is 9.86. The van der Waals surface area contributed by atoms with E-state index in [1.54, 1.807) is 7.11 Å². The van der Waals surface area contributed by atoms with E-state index in [0.717, 1.165) is 22.6 Å². The van der Waals surface area contributed by atoms with Gasteiger partial charge in [0.25, 0.3) is 0 Å². The number of hydrogen-bond donors (Lipinski definition) is 1. The minimum absolute atomic E-state index is 0.0548. The molecule has 0 spiro atoms. The number of nitrogens with zero attached hydrogens (tertiary/aromatic N) is 2. The maximum Gasteiger partial charge on any atom is 0.243 e. The van der Waals surface area contributed by atoms with Crippen molar-refractivity contribution in [1.82, 2.24) is 10.3 Å². The Bertz CT molecular complexity index is 876. The fourth-order valence-electron chi connectivity index (χ4n) is 3.36. The van der Waals surface area contributed by atoms with Crippen LogP contribution in [0.3, 0.4) is 0 Å². The number of methoxy groups -OCH3 is 1. The molecule has 6 heteroatoms. The molecule has 3 rings (SSSR count). The Morgan fingerprint density at radius 1 is 1.10 bits per heavy atom. The van der Waals surface area contributed by atoms with Gasteiger partial charge in [-0.3, -0.25) is 9.59 Å². The van der Waals surface area contributed by atoms with E-state index in [4.69, 9.17) is 4.74 Å². The molecule has 6 nitrogen and oxygen atoms in total. The van der Waals surface area contributed by atoms with Gasteiger partial charge in [0.1, 0.15) is 5.75 Å². The highest BCUT2D eigenvalue weighted by molar-refractivity contribution is 6.03. The Hall–Kier alpha value is -3.15.